The molecule has 0 aromatic carbocycles. The fourth-order valence-corrected chi connectivity index (χ4v) is 3.08. The van der Waals surface area contributed by atoms with Gasteiger partial charge in [-0.15, -0.1) is 0 Å². The molecule has 12 heteroatoms. The number of aliphatic hydroxyl groups is 1. The average molecular weight is 650 g/mol. The Hall–Kier alpha value is -1.93. The lowest BCUT2D eigenvalue weighted by Crippen LogP contribution is -2.50. The maximum absolute atomic E-state index is 12.4. The van der Waals surface area contributed by atoms with Crippen molar-refractivity contribution in [2.24, 2.45) is 5.41 Å². The second-order valence-electron chi connectivity index (χ2n) is 11.6. The first-order valence-corrected chi connectivity index (χ1v) is 16.1. The number of carbonyl (C=O) groups is 3. The number of carboxylic acid groups (broad SMARTS) is 1. The number of hydrogen-bond acceptors (Lipinski definition) is 11. The van der Waals surface area contributed by atoms with Gasteiger partial charge in [-0.05, 0) is 60.9 Å². The number of rotatable bonds is 25. The molecular weight excluding hydrogens is 582 g/mol. The Kier molecular flexibility index (Phi) is 32.4. The number of aliphatic carboxylic acids is 1. The van der Waals surface area contributed by atoms with E-state index in [0.29, 0.717) is 39.4 Å². The average Bonchev–Trinajstić information content (AvgIpc) is 2.99. The third-order valence-electron chi connectivity index (χ3n) is 6.92. The van der Waals surface area contributed by atoms with Gasteiger partial charge in [0.1, 0.15) is 11.8 Å². The van der Waals surface area contributed by atoms with Crippen molar-refractivity contribution in [1.82, 2.24) is 16.0 Å². The molecule has 0 saturated heterocycles. The number of likely N-dealkylation sites (N-methyl/N-ethyl adjacent to an activating group) is 1. The standard InChI is InChI=1S/C16H32N2O6.C11H23NO2.C6H12O/c1-4-16(2,14(20)6-5-13(17-3)15(21)22)18-7-9-23-11-12-24-10-8-19;1-4-11(3)12-7-10-14-9-6-8-13-5-2;1-5(7)6(2,3)4/h13,17-19H,4-12H2,1-3H3,(H,21,22);4,12H,5-10H2,1-3H3;1-4H3/b;11-4+;. The second-order valence-corrected chi connectivity index (χ2v) is 11.6. The van der Waals surface area contributed by atoms with E-state index in [1.165, 1.54) is 5.70 Å². The van der Waals surface area contributed by atoms with Crippen LogP contribution in [0, 0.1) is 5.41 Å². The maximum atomic E-state index is 12.4. The molecule has 0 aromatic heterocycles. The molecule has 2 unspecified atom stereocenters. The summed E-state index contributed by atoms with van der Waals surface area (Å²) in [6.07, 6.45) is 4.11. The van der Waals surface area contributed by atoms with Crippen LogP contribution in [0.25, 0.3) is 0 Å². The zero-order valence-corrected chi connectivity index (χ0v) is 30.0. The lowest BCUT2D eigenvalue weighted by Gasteiger charge is -2.28. The van der Waals surface area contributed by atoms with E-state index in [0.717, 1.165) is 39.4 Å². The Labute approximate surface area is 273 Å². The number of hydrogen-bond donors (Lipinski definition) is 5. The van der Waals surface area contributed by atoms with Crippen LogP contribution in [-0.4, -0.2) is 119 Å². The van der Waals surface area contributed by atoms with Crippen molar-refractivity contribution in [3.8, 4) is 0 Å². The van der Waals surface area contributed by atoms with Crippen molar-refractivity contribution in [3.05, 3.63) is 11.8 Å². The van der Waals surface area contributed by atoms with Crippen LogP contribution >= 0.6 is 0 Å². The molecule has 0 aliphatic carbocycles. The van der Waals surface area contributed by atoms with E-state index in [1.807, 2.05) is 48.5 Å². The molecule has 2 atom stereocenters. The third-order valence-corrected chi connectivity index (χ3v) is 6.92. The summed E-state index contributed by atoms with van der Waals surface area (Å²) in [7, 11) is 1.57. The van der Waals surface area contributed by atoms with Gasteiger partial charge in [0.15, 0.2) is 5.78 Å². The zero-order chi connectivity index (χ0) is 35.2. The van der Waals surface area contributed by atoms with Gasteiger partial charge < -0.3 is 45.1 Å². The number of aliphatic hydroxyl groups excluding tert-OH is 1. The van der Waals surface area contributed by atoms with Crippen LogP contribution in [0.5, 0.6) is 0 Å². The number of ketones is 2. The van der Waals surface area contributed by atoms with Crippen molar-refractivity contribution in [2.45, 2.75) is 99.6 Å². The highest BCUT2D eigenvalue weighted by Gasteiger charge is 2.31. The molecule has 268 valence electrons. The topological polar surface area (TPSA) is 165 Å². The lowest BCUT2D eigenvalue weighted by molar-refractivity contribution is -0.139. The molecule has 0 bridgehead atoms. The molecule has 0 aliphatic heterocycles. The van der Waals surface area contributed by atoms with Crippen molar-refractivity contribution < 1.29 is 43.5 Å². The smallest absolute Gasteiger partial charge is 0.320 e. The first kappa shape index (κ1) is 47.5. The quantitative estimate of drug-likeness (QED) is 0.0918. The minimum absolute atomic E-state index is 0.00206. The summed E-state index contributed by atoms with van der Waals surface area (Å²) in [6, 6.07) is -0.711. The van der Waals surface area contributed by atoms with Gasteiger partial charge in [0.05, 0.1) is 45.2 Å². The summed E-state index contributed by atoms with van der Waals surface area (Å²) in [5.74, 6) is -0.710. The second kappa shape index (κ2) is 30.7. The zero-order valence-electron chi connectivity index (χ0n) is 30.0. The van der Waals surface area contributed by atoms with Crippen molar-refractivity contribution in [1.29, 1.82) is 0 Å². The van der Waals surface area contributed by atoms with Gasteiger partial charge in [0.25, 0.3) is 0 Å². The van der Waals surface area contributed by atoms with Crippen molar-refractivity contribution in [2.75, 3.05) is 79.6 Å². The molecule has 0 fully saturated rings. The number of nitrogens with one attached hydrogen (secondary N) is 3. The first-order chi connectivity index (χ1) is 21.2. The van der Waals surface area contributed by atoms with Gasteiger partial charge in [-0.1, -0.05) is 33.8 Å². The summed E-state index contributed by atoms with van der Waals surface area (Å²) >= 11 is 0. The lowest BCUT2D eigenvalue weighted by atomic mass is 9.89. The molecule has 12 nitrogen and oxygen atoms in total. The van der Waals surface area contributed by atoms with Crippen LogP contribution in [0.3, 0.4) is 0 Å². The normalized spacial score (nSPS) is 13.4. The number of allylic oxidation sites excluding steroid dienone is 2. The molecule has 45 heavy (non-hydrogen) atoms. The fourth-order valence-electron chi connectivity index (χ4n) is 3.08. The van der Waals surface area contributed by atoms with Gasteiger partial charge in [-0.3, -0.25) is 14.4 Å². The van der Waals surface area contributed by atoms with Crippen molar-refractivity contribution in [3.63, 3.8) is 0 Å². The highest BCUT2D eigenvalue weighted by molar-refractivity contribution is 5.88. The fraction of sp³-hybridized carbons (Fsp3) is 0.848. The van der Waals surface area contributed by atoms with Crippen LogP contribution in [0.1, 0.15) is 88.0 Å². The summed E-state index contributed by atoms with van der Waals surface area (Å²) in [4.78, 5) is 33.8. The maximum Gasteiger partial charge on any atom is 0.320 e. The molecule has 0 radical (unpaired) electrons. The summed E-state index contributed by atoms with van der Waals surface area (Å²) in [5.41, 5.74) is 0.371. The Morgan fingerprint density at radius 1 is 0.844 bits per heavy atom. The molecule has 0 amide bonds. The van der Waals surface area contributed by atoms with Gasteiger partial charge in [-0.2, -0.15) is 0 Å². The van der Waals surface area contributed by atoms with E-state index in [4.69, 9.17) is 29.2 Å². The largest absolute Gasteiger partial charge is 0.480 e. The van der Waals surface area contributed by atoms with Gasteiger partial charge >= 0.3 is 5.97 Å². The number of Topliss-reactive ketones (excluding diaryl/α,β-unsaturated/α-hetero) is 2. The Morgan fingerprint density at radius 2 is 1.38 bits per heavy atom. The minimum atomic E-state index is -0.951. The van der Waals surface area contributed by atoms with E-state index in [9.17, 15) is 14.4 Å². The van der Waals surface area contributed by atoms with Gasteiger partial charge in [0, 0.05) is 50.4 Å². The predicted molar refractivity (Wildman–Crippen MR) is 180 cm³/mol. The van der Waals surface area contributed by atoms with Crippen LogP contribution in [-0.2, 0) is 33.3 Å². The van der Waals surface area contributed by atoms with Crippen LogP contribution in [0.15, 0.2) is 11.8 Å². The number of carboxylic acids is 1. The number of ether oxygens (including phenoxy) is 4. The Morgan fingerprint density at radius 3 is 1.84 bits per heavy atom. The highest BCUT2D eigenvalue weighted by Crippen LogP contribution is 2.15. The highest BCUT2D eigenvalue weighted by atomic mass is 16.5. The molecule has 5 N–H and O–H groups in total. The molecule has 0 spiro atoms. The van der Waals surface area contributed by atoms with Crippen molar-refractivity contribution >= 4 is 17.5 Å². The molecule has 0 aliphatic rings. The molecule has 0 heterocycles. The summed E-state index contributed by atoms with van der Waals surface area (Å²) in [6.45, 7) is 23.3. The third kappa shape index (κ3) is 30.5. The Bertz CT molecular complexity index is 773. The molecule has 0 saturated carbocycles. The van der Waals surface area contributed by atoms with E-state index < -0.39 is 17.6 Å². The van der Waals surface area contributed by atoms with Crippen LogP contribution < -0.4 is 16.0 Å². The monoisotopic (exact) mass is 649 g/mol. The van der Waals surface area contributed by atoms with Crippen LogP contribution in [0.4, 0.5) is 0 Å². The van der Waals surface area contributed by atoms with Gasteiger partial charge in [0.2, 0.25) is 0 Å². The van der Waals surface area contributed by atoms with E-state index in [1.54, 1.807) is 14.0 Å². The molecular formula is C33H67N3O9. The SMILES string of the molecule is C/C=C(\C)NCCOCCCOCC.CC(=O)C(C)(C)C.CCC(C)(NCCOCCOCCO)C(=O)CCC(NC)C(=O)O. The van der Waals surface area contributed by atoms with Gasteiger partial charge in [-0.25, -0.2) is 0 Å². The first-order valence-electron chi connectivity index (χ1n) is 16.1. The van der Waals surface area contributed by atoms with E-state index in [2.05, 4.69) is 29.0 Å². The number of carbonyl (C=O) groups excluding carboxylic acids is 2. The summed E-state index contributed by atoms with van der Waals surface area (Å²) < 4.78 is 21.0. The minimum Gasteiger partial charge on any atom is -0.480 e. The van der Waals surface area contributed by atoms with E-state index >= 15 is 0 Å². The molecule has 0 aromatic rings. The molecule has 0 rings (SSSR count). The van der Waals surface area contributed by atoms with E-state index in [-0.39, 0.29) is 36.4 Å². The van der Waals surface area contributed by atoms with Crippen LogP contribution in [0.2, 0.25) is 0 Å². The summed E-state index contributed by atoms with van der Waals surface area (Å²) in [5, 5.41) is 26.7. The predicted octanol–water partition coefficient (Wildman–Crippen LogP) is 3.36. The Balaban J connectivity index is -0.000000702.